The third-order valence-corrected chi connectivity index (χ3v) is 4.42. The molecule has 2 nitrogen and oxygen atoms in total. The Hall–Kier alpha value is -1.31. The topological polar surface area (TPSA) is 37.3 Å². The van der Waals surface area contributed by atoms with Gasteiger partial charge in [-0.15, -0.1) is 0 Å². The predicted octanol–water partition coefficient (Wildman–Crippen LogP) is 6.41. The number of rotatable bonds is 12. The van der Waals surface area contributed by atoms with Gasteiger partial charge in [0.25, 0.3) is 0 Å². The van der Waals surface area contributed by atoms with Crippen molar-refractivity contribution in [3.05, 3.63) is 35.4 Å². The van der Waals surface area contributed by atoms with E-state index in [4.69, 9.17) is 0 Å². The van der Waals surface area contributed by atoms with E-state index in [0.717, 1.165) is 24.8 Å². The summed E-state index contributed by atoms with van der Waals surface area (Å²) in [6.45, 7) is 4.43. The number of unbranched alkanes of at least 4 members (excludes halogenated alkanes) is 6. The van der Waals surface area contributed by atoms with Crippen LogP contribution in [0.1, 0.15) is 99.9 Å². The molecule has 0 saturated heterocycles. The Morgan fingerprint density at radius 2 is 1.55 bits per heavy atom. The Morgan fingerprint density at radius 1 is 0.909 bits per heavy atom. The number of carboxylic acid groups (broad SMARTS) is 1. The summed E-state index contributed by atoms with van der Waals surface area (Å²) < 4.78 is 0. The molecule has 1 N–H and O–H groups in total. The van der Waals surface area contributed by atoms with Crippen molar-refractivity contribution in [1.82, 2.24) is 0 Å². The van der Waals surface area contributed by atoms with Gasteiger partial charge in [-0.1, -0.05) is 83.4 Å². The average molecular weight is 304 g/mol. The van der Waals surface area contributed by atoms with E-state index in [0.29, 0.717) is 11.5 Å². The highest BCUT2D eigenvalue weighted by Gasteiger charge is 2.17. The summed E-state index contributed by atoms with van der Waals surface area (Å²) >= 11 is 0. The zero-order valence-corrected chi connectivity index (χ0v) is 14.3. The Bertz CT molecular complexity index is 425. The standard InChI is InChI=1S/C20H32O2/c1-3-5-6-7-8-9-10-14-17(13-4-2)18-15-11-12-16-19(18)20(21)22/h11-12,15-17H,3-10,13-14H2,1-2H3,(H,21,22). The van der Waals surface area contributed by atoms with E-state index >= 15 is 0 Å². The minimum absolute atomic E-state index is 0.396. The minimum Gasteiger partial charge on any atom is -0.478 e. The number of hydrogen-bond donors (Lipinski definition) is 1. The lowest BCUT2D eigenvalue weighted by Crippen LogP contribution is -2.07. The summed E-state index contributed by atoms with van der Waals surface area (Å²) in [4.78, 5) is 11.4. The molecule has 22 heavy (non-hydrogen) atoms. The van der Waals surface area contributed by atoms with Crippen molar-refractivity contribution < 1.29 is 9.90 Å². The molecule has 0 aliphatic heterocycles. The molecule has 1 atom stereocenters. The maximum absolute atomic E-state index is 11.4. The number of hydrogen-bond acceptors (Lipinski definition) is 1. The van der Waals surface area contributed by atoms with Gasteiger partial charge in [-0.05, 0) is 30.4 Å². The molecule has 0 bridgehead atoms. The molecule has 1 unspecified atom stereocenters. The number of benzene rings is 1. The van der Waals surface area contributed by atoms with Gasteiger partial charge < -0.3 is 5.11 Å². The molecule has 0 spiro atoms. The molecular formula is C20H32O2. The molecule has 1 aromatic carbocycles. The number of aromatic carboxylic acids is 1. The highest BCUT2D eigenvalue weighted by atomic mass is 16.4. The van der Waals surface area contributed by atoms with Crippen LogP contribution in [0, 0.1) is 0 Å². The van der Waals surface area contributed by atoms with Gasteiger partial charge in [0.15, 0.2) is 0 Å². The van der Waals surface area contributed by atoms with Gasteiger partial charge in [0.05, 0.1) is 5.56 Å². The van der Waals surface area contributed by atoms with Crippen LogP contribution in [0.3, 0.4) is 0 Å². The molecule has 0 saturated carbocycles. The summed E-state index contributed by atoms with van der Waals surface area (Å²) in [5.41, 5.74) is 1.52. The quantitative estimate of drug-likeness (QED) is 0.453. The number of carboxylic acids is 1. The molecule has 1 rings (SSSR count). The van der Waals surface area contributed by atoms with Crippen LogP contribution in [0.5, 0.6) is 0 Å². The van der Waals surface area contributed by atoms with E-state index in [9.17, 15) is 9.90 Å². The minimum atomic E-state index is -0.795. The van der Waals surface area contributed by atoms with Gasteiger partial charge in [-0.25, -0.2) is 4.79 Å². The summed E-state index contributed by atoms with van der Waals surface area (Å²) in [7, 11) is 0. The molecule has 2 heteroatoms. The third kappa shape index (κ3) is 6.64. The van der Waals surface area contributed by atoms with Crippen LogP contribution in [0.15, 0.2) is 24.3 Å². The van der Waals surface area contributed by atoms with Gasteiger partial charge in [0, 0.05) is 0 Å². The van der Waals surface area contributed by atoms with E-state index in [2.05, 4.69) is 13.8 Å². The van der Waals surface area contributed by atoms with E-state index in [-0.39, 0.29) is 0 Å². The van der Waals surface area contributed by atoms with Crippen molar-refractivity contribution >= 4 is 5.97 Å². The van der Waals surface area contributed by atoms with Crippen molar-refractivity contribution in [1.29, 1.82) is 0 Å². The first-order valence-corrected chi connectivity index (χ1v) is 9.02. The van der Waals surface area contributed by atoms with Crippen molar-refractivity contribution in [3.8, 4) is 0 Å². The molecular weight excluding hydrogens is 272 g/mol. The van der Waals surface area contributed by atoms with E-state index in [1.54, 1.807) is 6.07 Å². The lowest BCUT2D eigenvalue weighted by molar-refractivity contribution is 0.0695. The van der Waals surface area contributed by atoms with Gasteiger partial charge in [-0.3, -0.25) is 0 Å². The summed E-state index contributed by atoms with van der Waals surface area (Å²) in [6.07, 6.45) is 12.5. The third-order valence-electron chi connectivity index (χ3n) is 4.42. The maximum atomic E-state index is 11.4. The zero-order valence-electron chi connectivity index (χ0n) is 14.3. The van der Waals surface area contributed by atoms with Crippen molar-refractivity contribution in [3.63, 3.8) is 0 Å². The van der Waals surface area contributed by atoms with E-state index < -0.39 is 5.97 Å². The second kappa shape index (κ2) is 11.3. The Kier molecular flexibility index (Phi) is 9.61. The average Bonchev–Trinajstić information content (AvgIpc) is 2.53. The first-order chi connectivity index (χ1) is 10.7. The lowest BCUT2D eigenvalue weighted by atomic mass is 9.86. The molecule has 0 aliphatic carbocycles. The van der Waals surface area contributed by atoms with E-state index in [1.807, 2.05) is 18.2 Å². The fourth-order valence-electron chi connectivity index (χ4n) is 3.20. The molecule has 0 amide bonds. The Morgan fingerprint density at radius 3 is 2.18 bits per heavy atom. The van der Waals surface area contributed by atoms with Gasteiger partial charge in [0.2, 0.25) is 0 Å². The lowest BCUT2D eigenvalue weighted by Gasteiger charge is -2.18. The first-order valence-electron chi connectivity index (χ1n) is 9.02. The summed E-state index contributed by atoms with van der Waals surface area (Å²) in [6, 6.07) is 7.54. The molecule has 0 aromatic heterocycles. The van der Waals surface area contributed by atoms with Crippen LogP contribution < -0.4 is 0 Å². The molecule has 0 aliphatic rings. The first kappa shape index (κ1) is 18.7. The van der Waals surface area contributed by atoms with Gasteiger partial charge >= 0.3 is 5.97 Å². The van der Waals surface area contributed by atoms with Gasteiger partial charge in [0.1, 0.15) is 0 Å². The Labute approximate surface area is 135 Å². The zero-order chi connectivity index (χ0) is 16.2. The summed E-state index contributed by atoms with van der Waals surface area (Å²) in [5.74, 6) is -0.399. The monoisotopic (exact) mass is 304 g/mol. The Balaban J connectivity index is 2.50. The number of carbonyl (C=O) groups is 1. The molecule has 124 valence electrons. The molecule has 0 fully saturated rings. The fourth-order valence-corrected chi connectivity index (χ4v) is 3.20. The van der Waals surface area contributed by atoms with Crippen LogP contribution >= 0.6 is 0 Å². The second-order valence-corrected chi connectivity index (χ2v) is 6.29. The van der Waals surface area contributed by atoms with Crippen LogP contribution in [0.2, 0.25) is 0 Å². The molecule has 1 aromatic rings. The van der Waals surface area contributed by atoms with Crippen LogP contribution in [0.4, 0.5) is 0 Å². The van der Waals surface area contributed by atoms with Gasteiger partial charge in [-0.2, -0.15) is 0 Å². The van der Waals surface area contributed by atoms with Crippen LogP contribution in [-0.4, -0.2) is 11.1 Å². The molecule has 0 radical (unpaired) electrons. The second-order valence-electron chi connectivity index (χ2n) is 6.29. The smallest absolute Gasteiger partial charge is 0.335 e. The normalized spacial score (nSPS) is 12.3. The highest BCUT2D eigenvalue weighted by Crippen LogP contribution is 2.30. The van der Waals surface area contributed by atoms with Crippen LogP contribution in [-0.2, 0) is 0 Å². The van der Waals surface area contributed by atoms with Crippen molar-refractivity contribution in [2.24, 2.45) is 0 Å². The SMILES string of the molecule is CCCCCCCCCC(CCC)c1ccccc1C(=O)O. The maximum Gasteiger partial charge on any atom is 0.335 e. The summed E-state index contributed by atoms with van der Waals surface area (Å²) in [5, 5.41) is 9.37. The van der Waals surface area contributed by atoms with Crippen LogP contribution in [0.25, 0.3) is 0 Å². The van der Waals surface area contributed by atoms with Crippen molar-refractivity contribution in [2.75, 3.05) is 0 Å². The van der Waals surface area contributed by atoms with E-state index in [1.165, 1.54) is 44.9 Å². The highest BCUT2D eigenvalue weighted by molar-refractivity contribution is 5.89. The largest absolute Gasteiger partial charge is 0.478 e. The van der Waals surface area contributed by atoms with Crippen molar-refractivity contribution in [2.45, 2.75) is 84.0 Å². The molecule has 0 heterocycles. The fraction of sp³-hybridized carbons (Fsp3) is 0.650. The predicted molar refractivity (Wildman–Crippen MR) is 93.7 cm³/mol.